The molecule has 1 saturated heterocycles. The monoisotopic (exact) mass is 420 g/mol. The first-order valence-corrected chi connectivity index (χ1v) is 11.0. The van der Waals surface area contributed by atoms with Crippen molar-refractivity contribution in [3.63, 3.8) is 0 Å². The SMILES string of the molecule is CCCCCCCCCc1cc([C@H](N2CCC(=O)N2)C(F)(F)F)cc2ccccc12. The van der Waals surface area contributed by atoms with Crippen molar-refractivity contribution < 1.29 is 18.0 Å². The molecule has 1 amide bonds. The Kier molecular flexibility index (Phi) is 7.75. The smallest absolute Gasteiger partial charge is 0.288 e. The largest absolute Gasteiger partial charge is 0.409 e. The van der Waals surface area contributed by atoms with Gasteiger partial charge in [-0.3, -0.25) is 10.2 Å². The van der Waals surface area contributed by atoms with E-state index in [1.807, 2.05) is 24.3 Å². The summed E-state index contributed by atoms with van der Waals surface area (Å²) in [4.78, 5) is 11.5. The maximum Gasteiger partial charge on any atom is 0.409 e. The van der Waals surface area contributed by atoms with Crippen LogP contribution >= 0.6 is 0 Å². The number of amides is 1. The molecule has 2 aromatic carbocycles. The van der Waals surface area contributed by atoms with Gasteiger partial charge in [0.15, 0.2) is 0 Å². The summed E-state index contributed by atoms with van der Waals surface area (Å²) in [6.45, 7) is 2.25. The number of aryl methyl sites for hydroxylation is 1. The van der Waals surface area contributed by atoms with Gasteiger partial charge in [-0.2, -0.15) is 13.2 Å². The maximum absolute atomic E-state index is 14.0. The van der Waals surface area contributed by atoms with Crippen LogP contribution in [0.25, 0.3) is 10.8 Å². The topological polar surface area (TPSA) is 32.3 Å². The molecule has 1 aliphatic rings. The minimum absolute atomic E-state index is 0.0585. The van der Waals surface area contributed by atoms with Crippen molar-refractivity contribution in [1.82, 2.24) is 10.4 Å². The molecule has 2 aromatic rings. The zero-order valence-corrected chi connectivity index (χ0v) is 17.6. The summed E-state index contributed by atoms with van der Waals surface area (Å²) in [6.07, 6.45) is 4.56. The number of hydrogen-bond donors (Lipinski definition) is 1. The first-order valence-electron chi connectivity index (χ1n) is 11.0. The number of nitrogens with zero attached hydrogens (tertiary/aromatic N) is 1. The molecule has 1 heterocycles. The summed E-state index contributed by atoms with van der Waals surface area (Å²) >= 11 is 0. The van der Waals surface area contributed by atoms with E-state index in [1.165, 1.54) is 32.1 Å². The number of rotatable bonds is 10. The Balaban J connectivity index is 1.81. The van der Waals surface area contributed by atoms with Crippen molar-refractivity contribution in [3.8, 4) is 0 Å². The molecular weight excluding hydrogens is 389 g/mol. The molecule has 0 radical (unpaired) electrons. The minimum atomic E-state index is -4.48. The molecule has 0 aromatic heterocycles. The third-order valence-corrected chi connectivity index (χ3v) is 5.81. The average Bonchev–Trinajstić information content (AvgIpc) is 3.11. The van der Waals surface area contributed by atoms with Gasteiger partial charge in [0, 0.05) is 13.0 Å². The number of halogens is 3. The molecule has 3 rings (SSSR count). The average molecular weight is 421 g/mol. The summed E-state index contributed by atoms with van der Waals surface area (Å²) < 4.78 is 41.9. The van der Waals surface area contributed by atoms with Crippen LogP contribution < -0.4 is 5.43 Å². The lowest BCUT2D eigenvalue weighted by molar-refractivity contribution is -0.191. The van der Waals surface area contributed by atoms with Crippen LogP contribution in [0.4, 0.5) is 13.2 Å². The fraction of sp³-hybridized carbons (Fsp3) is 0.542. The molecule has 1 N–H and O–H groups in total. The molecule has 3 nitrogen and oxygen atoms in total. The van der Waals surface area contributed by atoms with Crippen molar-refractivity contribution in [2.75, 3.05) is 6.54 Å². The first kappa shape index (κ1) is 22.6. The van der Waals surface area contributed by atoms with E-state index in [4.69, 9.17) is 0 Å². The van der Waals surface area contributed by atoms with Crippen LogP contribution in [0.3, 0.4) is 0 Å². The summed E-state index contributed by atoms with van der Waals surface area (Å²) in [7, 11) is 0. The van der Waals surface area contributed by atoms with Gasteiger partial charge in [-0.25, -0.2) is 5.01 Å². The Bertz CT molecular complexity index is 850. The fourth-order valence-electron chi connectivity index (χ4n) is 4.29. The normalized spacial score (nSPS) is 16.2. The summed E-state index contributed by atoms with van der Waals surface area (Å²) in [5, 5.41) is 2.86. The number of hydrazine groups is 1. The molecule has 0 aliphatic carbocycles. The predicted octanol–water partition coefficient (Wildman–Crippen LogP) is 6.47. The standard InChI is InChI=1S/C24H31F3N2O/c1-2-3-4-5-6-7-8-11-18-16-20(17-19-12-9-10-13-21(18)19)23(24(25,26)27)29-15-14-22(30)28-29/h9-10,12-13,16-17,23H,2-8,11,14-15H2,1H3,(H,28,30)/t23-/m0/s1. The fourth-order valence-corrected chi connectivity index (χ4v) is 4.29. The zero-order chi connectivity index (χ0) is 21.6. The minimum Gasteiger partial charge on any atom is -0.288 e. The van der Waals surface area contributed by atoms with Gasteiger partial charge in [-0.15, -0.1) is 0 Å². The summed E-state index contributed by atoms with van der Waals surface area (Å²) in [6, 6.07) is 9.11. The molecule has 0 spiro atoms. The number of carbonyl (C=O) groups is 1. The lowest BCUT2D eigenvalue weighted by Gasteiger charge is -2.30. The van der Waals surface area contributed by atoms with E-state index in [1.54, 1.807) is 12.1 Å². The Labute approximate surface area is 176 Å². The highest BCUT2D eigenvalue weighted by Crippen LogP contribution is 2.39. The molecule has 1 atom stereocenters. The van der Waals surface area contributed by atoms with E-state index < -0.39 is 12.2 Å². The Morgan fingerprint density at radius 2 is 1.73 bits per heavy atom. The van der Waals surface area contributed by atoms with Gasteiger partial charge in [0.1, 0.15) is 6.04 Å². The highest BCUT2D eigenvalue weighted by atomic mass is 19.4. The highest BCUT2D eigenvalue weighted by molar-refractivity contribution is 5.86. The molecular formula is C24H31F3N2O. The van der Waals surface area contributed by atoms with Crippen molar-refractivity contribution >= 4 is 16.7 Å². The Hall–Kier alpha value is -2.08. The number of carbonyl (C=O) groups excluding carboxylic acids is 1. The lowest BCUT2D eigenvalue weighted by atomic mass is 9.93. The van der Waals surface area contributed by atoms with Gasteiger partial charge in [0.25, 0.3) is 0 Å². The second-order valence-electron chi connectivity index (χ2n) is 8.20. The van der Waals surface area contributed by atoms with E-state index in [-0.39, 0.29) is 24.4 Å². The van der Waals surface area contributed by atoms with E-state index in [9.17, 15) is 18.0 Å². The van der Waals surface area contributed by atoms with Crippen LogP contribution in [0, 0.1) is 0 Å². The number of fused-ring (bicyclic) bond motifs is 1. The molecule has 1 aliphatic heterocycles. The molecule has 0 unspecified atom stereocenters. The van der Waals surface area contributed by atoms with Gasteiger partial charge in [-0.1, -0.05) is 75.8 Å². The van der Waals surface area contributed by atoms with Crippen LogP contribution in [-0.4, -0.2) is 23.6 Å². The second-order valence-corrected chi connectivity index (χ2v) is 8.20. The third kappa shape index (κ3) is 5.75. The molecule has 0 bridgehead atoms. The number of alkyl halides is 3. The lowest BCUT2D eigenvalue weighted by Crippen LogP contribution is -2.43. The van der Waals surface area contributed by atoms with Crippen LogP contribution in [0.1, 0.15) is 75.5 Å². The number of unbranched alkanes of at least 4 members (excludes halogenated alkanes) is 6. The maximum atomic E-state index is 14.0. The quantitative estimate of drug-likeness (QED) is 0.447. The first-order chi connectivity index (χ1) is 14.4. The highest BCUT2D eigenvalue weighted by Gasteiger charge is 2.47. The van der Waals surface area contributed by atoms with Crippen molar-refractivity contribution in [1.29, 1.82) is 0 Å². The van der Waals surface area contributed by atoms with Gasteiger partial charge in [0.05, 0.1) is 0 Å². The van der Waals surface area contributed by atoms with Crippen molar-refractivity contribution in [2.45, 2.75) is 76.9 Å². The van der Waals surface area contributed by atoms with Crippen molar-refractivity contribution in [2.24, 2.45) is 0 Å². The molecule has 6 heteroatoms. The summed E-state index contributed by atoms with van der Waals surface area (Å²) in [5.74, 6) is -0.367. The molecule has 0 saturated carbocycles. The van der Waals surface area contributed by atoms with Gasteiger partial charge in [-0.05, 0) is 40.8 Å². The zero-order valence-electron chi connectivity index (χ0n) is 17.6. The van der Waals surface area contributed by atoms with Crippen LogP contribution in [0.15, 0.2) is 36.4 Å². The third-order valence-electron chi connectivity index (χ3n) is 5.81. The van der Waals surface area contributed by atoms with Crippen LogP contribution in [-0.2, 0) is 11.2 Å². The second kappa shape index (κ2) is 10.3. The van der Waals surface area contributed by atoms with Gasteiger partial charge in [0.2, 0.25) is 5.91 Å². The van der Waals surface area contributed by atoms with Crippen LogP contribution in [0.5, 0.6) is 0 Å². The van der Waals surface area contributed by atoms with E-state index >= 15 is 0 Å². The molecule has 1 fully saturated rings. The van der Waals surface area contributed by atoms with E-state index in [0.717, 1.165) is 40.6 Å². The number of hydrogen-bond acceptors (Lipinski definition) is 2. The van der Waals surface area contributed by atoms with Crippen LogP contribution in [0.2, 0.25) is 0 Å². The van der Waals surface area contributed by atoms with E-state index in [0.29, 0.717) is 0 Å². The number of benzene rings is 2. The Morgan fingerprint density at radius 3 is 2.40 bits per heavy atom. The predicted molar refractivity (Wildman–Crippen MR) is 114 cm³/mol. The summed E-state index contributed by atoms with van der Waals surface area (Å²) in [5.41, 5.74) is 3.53. The van der Waals surface area contributed by atoms with Gasteiger partial charge >= 0.3 is 6.18 Å². The van der Waals surface area contributed by atoms with Crippen molar-refractivity contribution in [3.05, 3.63) is 47.5 Å². The Morgan fingerprint density at radius 1 is 1.03 bits per heavy atom. The van der Waals surface area contributed by atoms with Gasteiger partial charge < -0.3 is 0 Å². The molecule has 164 valence electrons. The van der Waals surface area contributed by atoms with E-state index in [2.05, 4.69) is 12.3 Å². The molecule has 30 heavy (non-hydrogen) atoms. The number of nitrogens with one attached hydrogen (secondary N) is 1.